The Labute approximate surface area is 117 Å². The zero-order valence-electron chi connectivity index (χ0n) is 10.9. The van der Waals surface area contributed by atoms with Crippen LogP contribution in [0.4, 0.5) is 5.69 Å². The molecule has 1 atom stereocenters. The molecule has 20 heavy (non-hydrogen) atoms. The third kappa shape index (κ3) is 2.54. The molecule has 1 aliphatic rings. The van der Waals surface area contributed by atoms with E-state index in [1.54, 1.807) is 0 Å². The Morgan fingerprint density at radius 2 is 1.85 bits per heavy atom. The number of amides is 1. The standard InChI is InChI=1S/C15H15NO3S/c17-15(12-8-9-20(18,19)10-12)16-14-7-3-5-11-4-1-2-6-13(11)14/h1-7,12H,8-10H2,(H,16,17)/t12-/m0/s1. The number of benzene rings is 2. The molecule has 3 rings (SSSR count). The van der Waals surface area contributed by atoms with Crippen LogP contribution in [0, 0.1) is 5.92 Å². The average Bonchev–Trinajstić information content (AvgIpc) is 2.80. The second-order valence-corrected chi connectivity index (χ2v) is 7.34. The number of nitrogens with one attached hydrogen (secondary N) is 1. The Kier molecular flexibility index (Phi) is 3.22. The molecular formula is C15H15NO3S. The largest absolute Gasteiger partial charge is 0.325 e. The number of sulfone groups is 1. The van der Waals surface area contributed by atoms with Gasteiger partial charge in [-0.05, 0) is 17.9 Å². The predicted molar refractivity (Wildman–Crippen MR) is 79.3 cm³/mol. The zero-order valence-corrected chi connectivity index (χ0v) is 11.7. The summed E-state index contributed by atoms with van der Waals surface area (Å²) in [7, 11) is -3.04. The molecule has 1 amide bonds. The van der Waals surface area contributed by atoms with E-state index in [0.717, 1.165) is 16.5 Å². The highest BCUT2D eigenvalue weighted by atomic mass is 32.2. The number of carbonyl (C=O) groups excluding carboxylic acids is 1. The Balaban J connectivity index is 1.85. The SMILES string of the molecule is O=C(Nc1cccc2ccccc12)[C@H]1CCS(=O)(=O)C1. The van der Waals surface area contributed by atoms with Crippen LogP contribution in [0.25, 0.3) is 10.8 Å². The van der Waals surface area contributed by atoms with Gasteiger partial charge >= 0.3 is 0 Å². The maximum Gasteiger partial charge on any atom is 0.228 e. The molecule has 2 aromatic carbocycles. The molecule has 1 fully saturated rings. The van der Waals surface area contributed by atoms with Crippen molar-refractivity contribution in [1.29, 1.82) is 0 Å². The summed E-state index contributed by atoms with van der Waals surface area (Å²) in [5, 5.41) is 4.87. The monoisotopic (exact) mass is 289 g/mol. The van der Waals surface area contributed by atoms with E-state index in [4.69, 9.17) is 0 Å². The zero-order chi connectivity index (χ0) is 14.2. The van der Waals surface area contributed by atoms with Gasteiger partial charge in [-0.15, -0.1) is 0 Å². The van der Waals surface area contributed by atoms with E-state index in [-0.39, 0.29) is 17.4 Å². The fourth-order valence-electron chi connectivity index (χ4n) is 2.57. The van der Waals surface area contributed by atoms with Gasteiger partial charge in [-0.25, -0.2) is 8.42 Å². The number of anilines is 1. The summed E-state index contributed by atoms with van der Waals surface area (Å²) in [6, 6.07) is 13.5. The Morgan fingerprint density at radius 3 is 2.60 bits per heavy atom. The quantitative estimate of drug-likeness (QED) is 0.922. The maximum absolute atomic E-state index is 12.2. The molecule has 5 heteroatoms. The first-order chi connectivity index (χ1) is 9.55. The molecule has 104 valence electrons. The lowest BCUT2D eigenvalue weighted by Gasteiger charge is -2.11. The van der Waals surface area contributed by atoms with Crippen LogP contribution in [0.3, 0.4) is 0 Å². The Hall–Kier alpha value is -1.88. The second kappa shape index (κ2) is 4.90. The smallest absolute Gasteiger partial charge is 0.228 e. The molecule has 0 unspecified atom stereocenters. The molecule has 0 aliphatic carbocycles. The van der Waals surface area contributed by atoms with Crippen LogP contribution in [-0.2, 0) is 14.6 Å². The van der Waals surface area contributed by atoms with Crippen LogP contribution in [0.2, 0.25) is 0 Å². The molecule has 0 aromatic heterocycles. The fraction of sp³-hybridized carbons (Fsp3) is 0.267. The van der Waals surface area contributed by atoms with Gasteiger partial charge in [0.15, 0.2) is 9.84 Å². The van der Waals surface area contributed by atoms with Crippen molar-refractivity contribution in [2.75, 3.05) is 16.8 Å². The topological polar surface area (TPSA) is 63.2 Å². The van der Waals surface area contributed by atoms with E-state index in [9.17, 15) is 13.2 Å². The molecular weight excluding hydrogens is 274 g/mol. The van der Waals surface area contributed by atoms with Crippen LogP contribution >= 0.6 is 0 Å². The first-order valence-corrected chi connectivity index (χ1v) is 8.36. The molecule has 1 saturated heterocycles. The number of carbonyl (C=O) groups is 1. The summed E-state index contributed by atoms with van der Waals surface area (Å²) in [5.74, 6) is -0.564. The van der Waals surface area contributed by atoms with E-state index in [1.165, 1.54) is 0 Å². The van der Waals surface area contributed by atoms with E-state index < -0.39 is 15.8 Å². The number of rotatable bonds is 2. The van der Waals surface area contributed by atoms with Crippen molar-refractivity contribution in [3.05, 3.63) is 42.5 Å². The van der Waals surface area contributed by atoms with E-state index in [0.29, 0.717) is 6.42 Å². The summed E-state index contributed by atoms with van der Waals surface area (Å²) in [5.41, 5.74) is 0.734. The lowest BCUT2D eigenvalue weighted by molar-refractivity contribution is -0.119. The molecule has 0 saturated carbocycles. The van der Waals surface area contributed by atoms with Gasteiger partial charge in [0.05, 0.1) is 17.4 Å². The van der Waals surface area contributed by atoms with Gasteiger partial charge in [-0.1, -0.05) is 36.4 Å². The minimum absolute atomic E-state index is 0.0381. The molecule has 0 spiro atoms. The fourth-order valence-corrected chi connectivity index (χ4v) is 4.31. The van der Waals surface area contributed by atoms with Gasteiger partial charge < -0.3 is 5.32 Å². The molecule has 1 N–H and O–H groups in total. The molecule has 2 aromatic rings. The van der Waals surface area contributed by atoms with Crippen LogP contribution in [0.1, 0.15) is 6.42 Å². The van der Waals surface area contributed by atoms with Gasteiger partial charge in [0.1, 0.15) is 0 Å². The summed E-state index contributed by atoms with van der Waals surface area (Å²) < 4.78 is 22.9. The van der Waals surface area contributed by atoms with Crippen LogP contribution in [0.15, 0.2) is 42.5 Å². The highest BCUT2D eigenvalue weighted by Crippen LogP contribution is 2.25. The third-order valence-corrected chi connectivity index (χ3v) is 5.42. The number of fused-ring (bicyclic) bond motifs is 1. The number of hydrogen-bond acceptors (Lipinski definition) is 3. The second-order valence-electron chi connectivity index (χ2n) is 5.12. The van der Waals surface area contributed by atoms with Crippen molar-refractivity contribution in [2.24, 2.45) is 5.92 Å². The average molecular weight is 289 g/mol. The van der Waals surface area contributed by atoms with Crippen molar-refractivity contribution < 1.29 is 13.2 Å². The van der Waals surface area contributed by atoms with E-state index in [1.807, 2.05) is 42.5 Å². The molecule has 0 bridgehead atoms. The lowest BCUT2D eigenvalue weighted by atomic mass is 10.1. The first kappa shape index (κ1) is 13.1. The van der Waals surface area contributed by atoms with E-state index >= 15 is 0 Å². The van der Waals surface area contributed by atoms with Gasteiger partial charge in [0.2, 0.25) is 5.91 Å². The summed E-state index contributed by atoms with van der Waals surface area (Å²) in [6.45, 7) is 0. The van der Waals surface area contributed by atoms with Crippen molar-refractivity contribution in [3.63, 3.8) is 0 Å². The van der Waals surface area contributed by atoms with Crippen LogP contribution in [-0.4, -0.2) is 25.8 Å². The highest BCUT2D eigenvalue weighted by Gasteiger charge is 2.33. The molecule has 1 aliphatic heterocycles. The van der Waals surface area contributed by atoms with Crippen molar-refractivity contribution in [3.8, 4) is 0 Å². The first-order valence-electron chi connectivity index (χ1n) is 6.54. The van der Waals surface area contributed by atoms with Crippen LogP contribution in [0.5, 0.6) is 0 Å². The van der Waals surface area contributed by atoms with Crippen LogP contribution < -0.4 is 5.32 Å². The summed E-state index contributed by atoms with van der Waals surface area (Å²) in [4.78, 5) is 12.2. The highest BCUT2D eigenvalue weighted by molar-refractivity contribution is 7.91. The Bertz CT molecular complexity index is 762. The lowest BCUT2D eigenvalue weighted by Crippen LogP contribution is -2.23. The van der Waals surface area contributed by atoms with Crippen molar-refractivity contribution >= 4 is 32.2 Å². The maximum atomic E-state index is 12.2. The minimum Gasteiger partial charge on any atom is -0.325 e. The minimum atomic E-state index is -3.04. The Morgan fingerprint density at radius 1 is 1.10 bits per heavy atom. The van der Waals surface area contributed by atoms with Gasteiger partial charge in [0, 0.05) is 11.1 Å². The third-order valence-electron chi connectivity index (χ3n) is 3.65. The van der Waals surface area contributed by atoms with E-state index in [2.05, 4.69) is 5.32 Å². The van der Waals surface area contributed by atoms with Crippen molar-refractivity contribution in [2.45, 2.75) is 6.42 Å². The molecule has 0 radical (unpaired) electrons. The summed E-state index contributed by atoms with van der Waals surface area (Å²) in [6.07, 6.45) is 0.416. The summed E-state index contributed by atoms with van der Waals surface area (Å²) >= 11 is 0. The normalized spacial score (nSPS) is 20.9. The predicted octanol–water partition coefficient (Wildman–Crippen LogP) is 2.21. The molecule has 4 nitrogen and oxygen atoms in total. The van der Waals surface area contributed by atoms with Gasteiger partial charge in [-0.3, -0.25) is 4.79 Å². The van der Waals surface area contributed by atoms with Gasteiger partial charge in [-0.2, -0.15) is 0 Å². The number of hydrogen-bond donors (Lipinski definition) is 1. The van der Waals surface area contributed by atoms with Crippen molar-refractivity contribution in [1.82, 2.24) is 0 Å². The van der Waals surface area contributed by atoms with Gasteiger partial charge in [0.25, 0.3) is 0 Å². The molecule has 1 heterocycles.